The van der Waals surface area contributed by atoms with Gasteiger partial charge in [-0.1, -0.05) is 12.1 Å². The topological polar surface area (TPSA) is 0 Å². The summed E-state index contributed by atoms with van der Waals surface area (Å²) in [5, 5.41) is 0. The number of benzene rings is 2. The van der Waals surface area contributed by atoms with Gasteiger partial charge in [0, 0.05) is 5.56 Å². The molecule has 0 atom stereocenters. The molecule has 0 spiro atoms. The zero-order valence-corrected chi connectivity index (χ0v) is 10.1. The SMILES string of the molecule is Fc1ccc(-c2[c]cc(C(F)(F)F)cc2C(F)(F)F)cc1. The largest absolute Gasteiger partial charge is 0.417 e. The van der Waals surface area contributed by atoms with Gasteiger partial charge in [0.1, 0.15) is 5.82 Å². The Hall–Kier alpha value is -2.05. The highest BCUT2D eigenvalue weighted by Crippen LogP contribution is 2.40. The average molecular weight is 307 g/mol. The Morgan fingerprint density at radius 2 is 1.38 bits per heavy atom. The molecule has 0 N–H and O–H groups in total. The van der Waals surface area contributed by atoms with Gasteiger partial charge in [0.25, 0.3) is 0 Å². The molecule has 2 aromatic carbocycles. The van der Waals surface area contributed by atoms with Gasteiger partial charge in [-0.15, -0.1) is 0 Å². The highest BCUT2D eigenvalue weighted by atomic mass is 19.4. The summed E-state index contributed by atoms with van der Waals surface area (Å²) in [6.07, 6.45) is -9.89. The summed E-state index contributed by atoms with van der Waals surface area (Å²) in [6, 6.07) is 6.38. The van der Waals surface area contributed by atoms with Gasteiger partial charge in [-0.2, -0.15) is 26.3 Å². The Bertz CT molecular complexity index is 636. The minimum atomic E-state index is -4.98. The van der Waals surface area contributed by atoms with Crippen molar-refractivity contribution in [2.45, 2.75) is 12.4 Å². The van der Waals surface area contributed by atoms with Gasteiger partial charge in [-0.05, 0) is 35.9 Å². The van der Waals surface area contributed by atoms with E-state index < -0.39 is 34.9 Å². The average Bonchev–Trinajstić information content (AvgIpc) is 2.37. The van der Waals surface area contributed by atoms with Crippen LogP contribution in [0.25, 0.3) is 11.1 Å². The Labute approximate surface area is 114 Å². The molecular weight excluding hydrogens is 301 g/mol. The lowest BCUT2D eigenvalue weighted by Crippen LogP contribution is -2.12. The van der Waals surface area contributed by atoms with E-state index in [9.17, 15) is 30.7 Å². The van der Waals surface area contributed by atoms with Gasteiger partial charge < -0.3 is 0 Å². The summed E-state index contributed by atoms with van der Waals surface area (Å²) >= 11 is 0. The number of hydrogen-bond donors (Lipinski definition) is 0. The monoisotopic (exact) mass is 307 g/mol. The Kier molecular flexibility index (Phi) is 3.69. The maximum absolute atomic E-state index is 12.9. The first-order valence-corrected chi connectivity index (χ1v) is 5.55. The van der Waals surface area contributed by atoms with Crippen molar-refractivity contribution in [1.82, 2.24) is 0 Å². The van der Waals surface area contributed by atoms with Crippen LogP contribution in [0.1, 0.15) is 11.1 Å². The lowest BCUT2D eigenvalue weighted by Gasteiger charge is -2.15. The second-order valence-corrected chi connectivity index (χ2v) is 4.18. The predicted octanol–water partition coefficient (Wildman–Crippen LogP) is 5.33. The normalized spacial score (nSPS) is 12.5. The van der Waals surface area contributed by atoms with Crippen LogP contribution in [0.4, 0.5) is 30.7 Å². The highest BCUT2D eigenvalue weighted by Gasteiger charge is 2.38. The number of alkyl halides is 6. The second kappa shape index (κ2) is 5.05. The van der Waals surface area contributed by atoms with Crippen LogP contribution in [-0.2, 0) is 12.4 Å². The third-order valence-electron chi connectivity index (χ3n) is 2.71. The van der Waals surface area contributed by atoms with Crippen molar-refractivity contribution in [2.75, 3.05) is 0 Å². The van der Waals surface area contributed by atoms with Gasteiger partial charge in [0.05, 0.1) is 11.1 Å². The van der Waals surface area contributed by atoms with Crippen molar-refractivity contribution in [3.05, 3.63) is 59.4 Å². The van der Waals surface area contributed by atoms with Gasteiger partial charge in [-0.25, -0.2) is 4.39 Å². The van der Waals surface area contributed by atoms with Crippen LogP contribution in [0, 0.1) is 11.9 Å². The zero-order valence-electron chi connectivity index (χ0n) is 10.1. The van der Waals surface area contributed by atoms with Crippen molar-refractivity contribution >= 4 is 0 Å². The number of halogens is 7. The third-order valence-corrected chi connectivity index (χ3v) is 2.71. The first kappa shape index (κ1) is 15.3. The van der Waals surface area contributed by atoms with E-state index in [1.54, 1.807) is 0 Å². The zero-order chi connectivity index (χ0) is 15.8. The van der Waals surface area contributed by atoms with E-state index in [0.29, 0.717) is 6.07 Å². The van der Waals surface area contributed by atoms with Crippen molar-refractivity contribution in [3.8, 4) is 11.1 Å². The molecule has 0 amide bonds. The van der Waals surface area contributed by atoms with Crippen LogP contribution in [0.5, 0.6) is 0 Å². The predicted molar refractivity (Wildman–Crippen MR) is 60.7 cm³/mol. The highest BCUT2D eigenvalue weighted by molar-refractivity contribution is 5.68. The van der Waals surface area contributed by atoms with Gasteiger partial charge in [-0.3, -0.25) is 0 Å². The van der Waals surface area contributed by atoms with E-state index in [4.69, 9.17) is 0 Å². The minimum Gasteiger partial charge on any atom is -0.207 e. The molecule has 0 fully saturated rings. The Morgan fingerprint density at radius 3 is 1.86 bits per heavy atom. The van der Waals surface area contributed by atoms with Crippen molar-refractivity contribution in [2.24, 2.45) is 0 Å². The Balaban J connectivity index is 2.63. The summed E-state index contributed by atoms with van der Waals surface area (Å²) in [5.74, 6) is -0.667. The van der Waals surface area contributed by atoms with E-state index in [1.807, 2.05) is 6.07 Å². The van der Waals surface area contributed by atoms with Crippen molar-refractivity contribution in [1.29, 1.82) is 0 Å². The van der Waals surface area contributed by atoms with E-state index in [1.165, 1.54) is 0 Å². The molecule has 0 aromatic heterocycles. The van der Waals surface area contributed by atoms with Gasteiger partial charge in [0.15, 0.2) is 0 Å². The molecule has 1 radical (unpaired) electrons. The molecule has 0 bridgehead atoms. The molecule has 0 saturated heterocycles. The van der Waals surface area contributed by atoms with Crippen LogP contribution in [0.2, 0.25) is 0 Å². The van der Waals surface area contributed by atoms with Crippen LogP contribution >= 0.6 is 0 Å². The summed E-state index contributed by atoms with van der Waals surface area (Å²) in [5.41, 5.74) is -3.54. The smallest absolute Gasteiger partial charge is 0.207 e. The summed E-state index contributed by atoms with van der Waals surface area (Å²) in [7, 11) is 0. The molecule has 0 nitrogen and oxygen atoms in total. The lowest BCUT2D eigenvalue weighted by atomic mass is 9.97. The van der Waals surface area contributed by atoms with Crippen LogP contribution in [-0.4, -0.2) is 0 Å². The second-order valence-electron chi connectivity index (χ2n) is 4.18. The number of hydrogen-bond acceptors (Lipinski definition) is 0. The van der Waals surface area contributed by atoms with E-state index in [-0.39, 0.29) is 11.6 Å². The molecule has 7 heteroatoms. The van der Waals surface area contributed by atoms with Crippen molar-refractivity contribution < 1.29 is 30.7 Å². The molecule has 0 heterocycles. The maximum Gasteiger partial charge on any atom is 0.417 e. The van der Waals surface area contributed by atoms with Crippen LogP contribution in [0.3, 0.4) is 0 Å². The first-order chi connectivity index (χ1) is 9.59. The maximum atomic E-state index is 12.9. The summed E-state index contributed by atoms with van der Waals surface area (Å²) in [4.78, 5) is 0. The van der Waals surface area contributed by atoms with E-state index in [2.05, 4.69) is 0 Å². The third kappa shape index (κ3) is 3.34. The van der Waals surface area contributed by atoms with E-state index in [0.717, 1.165) is 24.3 Å². The van der Waals surface area contributed by atoms with Crippen LogP contribution < -0.4 is 0 Å². The molecule has 21 heavy (non-hydrogen) atoms. The fourth-order valence-corrected chi connectivity index (χ4v) is 1.74. The van der Waals surface area contributed by atoms with Gasteiger partial charge in [0.2, 0.25) is 0 Å². The molecule has 111 valence electrons. The fraction of sp³-hybridized carbons (Fsp3) is 0.143. The molecular formula is C14H6F7. The molecule has 0 unspecified atom stereocenters. The fourth-order valence-electron chi connectivity index (χ4n) is 1.74. The quantitative estimate of drug-likeness (QED) is 0.625. The molecule has 0 aliphatic rings. The van der Waals surface area contributed by atoms with E-state index >= 15 is 0 Å². The minimum absolute atomic E-state index is 0.0230. The molecule has 0 saturated carbocycles. The molecule has 2 aromatic rings. The standard InChI is InChI=1S/C14H6F7/c15-10-4-1-8(2-5-10)11-6-3-9(13(16,17)18)7-12(11)14(19,20)21/h1-5,7H. The molecule has 0 aliphatic heterocycles. The summed E-state index contributed by atoms with van der Waals surface area (Å²) < 4.78 is 89.1. The Morgan fingerprint density at radius 1 is 0.810 bits per heavy atom. The molecule has 2 rings (SSSR count). The first-order valence-electron chi connectivity index (χ1n) is 5.55. The van der Waals surface area contributed by atoms with Crippen molar-refractivity contribution in [3.63, 3.8) is 0 Å². The number of rotatable bonds is 1. The summed E-state index contributed by atoms with van der Waals surface area (Å²) in [6.45, 7) is 0. The molecule has 0 aliphatic carbocycles. The lowest BCUT2D eigenvalue weighted by molar-refractivity contribution is -0.142. The van der Waals surface area contributed by atoms with Gasteiger partial charge >= 0.3 is 12.4 Å². The van der Waals surface area contributed by atoms with Crippen LogP contribution in [0.15, 0.2) is 36.4 Å².